The number of hydrogen-bond donors (Lipinski definition) is 1. The van der Waals surface area contributed by atoms with Crippen LogP contribution in [-0.4, -0.2) is 61.1 Å². The van der Waals surface area contributed by atoms with E-state index < -0.39 is 6.04 Å². The minimum Gasteiger partial charge on any atom is -0.489 e. The predicted molar refractivity (Wildman–Crippen MR) is 203 cm³/mol. The van der Waals surface area contributed by atoms with Crippen LogP contribution in [0.3, 0.4) is 0 Å². The molecule has 1 aliphatic carbocycles. The number of fused-ring (bicyclic) bond motifs is 4. The van der Waals surface area contributed by atoms with Crippen molar-refractivity contribution in [3.63, 3.8) is 0 Å². The Morgan fingerprint density at radius 2 is 1.72 bits per heavy atom. The maximum atomic E-state index is 13.0. The van der Waals surface area contributed by atoms with Crippen LogP contribution >= 0.6 is 0 Å². The maximum absolute atomic E-state index is 13.0. The monoisotopic (exact) mass is 716 g/mol. The molecule has 2 fully saturated rings. The molecule has 3 aliphatic rings. The van der Waals surface area contributed by atoms with E-state index in [2.05, 4.69) is 68.5 Å². The number of piperidine rings is 1. The number of nitrogens with one attached hydrogen (secondary N) is 1. The van der Waals surface area contributed by atoms with Gasteiger partial charge in [0.25, 0.3) is 5.91 Å². The van der Waals surface area contributed by atoms with E-state index in [0.717, 1.165) is 46.0 Å². The fourth-order valence-electron chi connectivity index (χ4n) is 7.42. The van der Waals surface area contributed by atoms with Gasteiger partial charge >= 0.3 is 0 Å². The third-order valence-corrected chi connectivity index (χ3v) is 10.4. The van der Waals surface area contributed by atoms with E-state index in [4.69, 9.17) is 14.2 Å². The summed E-state index contributed by atoms with van der Waals surface area (Å²) in [5, 5.41) is 5.09. The zero-order valence-corrected chi connectivity index (χ0v) is 29.6. The summed E-state index contributed by atoms with van der Waals surface area (Å²) >= 11 is 0. The molecule has 1 N–H and O–H groups in total. The number of carbonyl (C=O) groups excluding carboxylic acids is 2. The number of benzene rings is 2. The SMILES string of the molecule is C=C1CCC(N2Cc3cc(OCC#Cc4ccc(OC5CC(Oc6ccc(-c7ccc8c9cnccc9n(C)c8c7)cn6)C5)cn4)ccc3C2=O)C(=O)N1. The molecular formula is C43H36N6O5. The quantitative estimate of drug-likeness (QED) is 0.181. The lowest BCUT2D eigenvalue weighted by Crippen LogP contribution is -2.49. The fourth-order valence-corrected chi connectivity index (χ4v) is 7.42. The minimum atomic E-state index is -0.495. The molecular weight excluding hydrogens is 681 g/mol. The lowest BCUT2D eigenvalue weighted by Gasteiger charge is -2.34. The predicted octanol–water partition coefficient (Wildman–Crippen LogP) is 6.35. The molecule has 6 heterocycles. The van der Waals surface area contributed by atoms with Crippen LogP contribution in [0.5, 0.6) is 17.4 Å². The molecule has 2 amide bonds. The average Bonchev–Trinajstić information content (AvgIpc) is 3.65. The van der Waals surface area contributed by atoms with Gasteiger partial charge in [0.2, 0.25) is 11.8 Å². The summed E-state index contributed by atoms with van der Waals surface area (Å²) in [4.78, 5) is 40.4. The van der Waals surface area contributed by atoms with Crippen molar-refractivity contribution in [1.29, 1.82) is 0 Å². The average molecular weight is 717 g/mol. The Hall–Kier alpha value is -6.67. The van der Waals surface area contributed by atoms with Gasteiger partial charge in [-0.1, -0.05) is 24.6 Å². The summed E-state index contributed by atoms with van der Waals surface area (Å²) in [7, 11) is 2.08. The second kappa shape index (κ2) is 13.7. The summed E-state index contributed by atoms with van der Waals surface area (Å²) in [6.45, 7) is 4.34. The highest BCUT2D eigenvalue weighted by atomic mass is 16.5. The molecule has 11 heteroatoms. The topological polar surface area (TPSA) is 121 Å². The number of nitrogens with zero attached hydrogens (tertiary/aromatic N) is 5. The van der Waals surface area contributed by atoms with E-state index in [1.54, 1.807) is 23.2 Å². The first-order valence-electron chi connectivity index (χ1n) is 18.0. The van der Waals surface area contributed by atoms with E-state index in [-0.39, 0.29) is 30.6 Å². The van der Waals surface area contributed by atoms with Gasteiger partial charge in [-0.2, -0.15) is 0 Å². The first-order chi connectivity index (χ1) is 26.4. The van der Waals surface area contributed by atoms with Gasteiger partial charge in [0.05, 0.1) is 11.7 Å². The maximum Gasteiger partial charge on any atom is 0.255 e. The molecule has 2 aliphatic heterocycles. The molecule has 6 aromatic rings. The normalized spacial score (nSPS) is 19.2. The molecule has 9 rings (SSSR count). The molecule has 1 unspecified atom stereocenters. The highest BCUT2D eigenvalue weighted by Crippen LogP contribution is 2.34. The summed E-state index contributed by atoms with van der Waals surface area (Å²) in [6.07, 6.45) is 10.1. The Labute approximate surface area is 311 Å². The van der Waals surface area contributed by atoms with Crippen molar-refractivity contribution in [2.45, 2.75) is 50.5 Å². The summed E-state index contributed by atoms with van der Waals surface area (Å²) < 4.78 is 20.3. The van der Waals surface area contributed by atoms with Gasteiger partial charge in [-0.05, 0) is 78.4 Å². The Bertz CT molecular complexity index is 2510. The van der Waals surface area contributed by atoms with Crippen LogP contribution in [0.15, 0.2) is 104 Å². The molecule has 268 valence electrons. The van der Waals surface area contributed by atoms with Crippen LogP contribution in [-0.2, 0) is 18.4 Å². The van der Waals surface area contributed by atoms with Gasteiger partial charge < -0.3 is 29.0 Å². The first kappa shape index (κ1) is 33.2. The molecule has 4 aromatic heterocycles. The summed E-state index contributed by atoms with van der Waals surface area (Å²) in [5.74, 6) is 7.58. The third-order valence-electron chi connectivity index (χ3n) is 10.4. The number of pyridine rings is 3. The number of rotatable bonds is 8. The molecule has 2 aromatic carbocycles. The van der Waals surface area contributed by atoms with Gasteiger partial charge in [-0.25, -0.2) is 9.97 Å². The van der Waals surface area contributed by atoms with Crippen molar-refractivity contribution >= 4 is 33.6 Å². The van der Waals surface area contributed by atoms with Crippen molar-refractivity contribution in [1.82, 2.24) is 29.7 Å². The molecule has 1 saturated carbocycles. The first-order valence-corrected chi connectivity index (χ1v) is 18.0. The van der Waals surface area contributed by atoms with E-state index in [9.17, 15) is 9.59 Å². The van der Waals surface area contributed by atoms with Gasteiger partial charge in [0, 0.05) is 84.2 Å². The zero-order valence-electron chi connectivity index (χ0n) is 29.6. The lowest BCUT2D eigenvalue weighted by atomic mass is 9.92. The molecule has 0 bridgehead atoms. The number of aromatic nitrogens is 4. The van der Waals surface area contributed by atoms with Crippen LogP contribution < -0.4 is 19.5 Å². The molecule has 1 saturated heterocycles. The Balaban J connectivity index is 0.729. The number of aryl methyl sites for hydroxylation is 1. The largest absolute Gasteiger partial charge is 0.489 e. The molecule has 54 heavy (non-hydrogen) atoms. The van der Waals surface area contributed by atoms with Gasteiger partial charge in [-0.3, -0.25) is 14.6 Å². The highest BCUT2D eigenvalue weighted by Gasteiger charge is 2.38. The number of hydrogen-bond acceptors (Lipinski definition) is 8. The minimum absolute atomic E-state index is 0.0385. The number of amides is 2. The molecule has 0 radical (unpaired) electrons. The lowest BCUT2D eigenvalue weighted by molar-refractivity contribution is -0.126. The fraction of sp³-hybridized carbons (Fsp3) is 0.233. The van der Waals surface area contributed by atoms with Crippen LogP contribution in [0.2, 0.25) is 0 Å². The van der Waals surface area contributed by atoms with Crippen LogP contribution in [0.4, 0.5) is 0 Å². The zero-order chi connectivity index (χ0) is 36.8. The van der Waals surface area contributed by atoms with Crippen molar-refractivity contribution in [3.8, 4) is 40.3 Å². The third kappa shape index (κ3) is 6.36. The van der Waals surface area contributed by atoms with Crippen molar-refractivity contribution in [3.05, 3.63) is 121 Å². The van der Waals surface area contributed by atoms with Crippen molar-refractivity contribution < 1.29 is 23.8 Å². The van der Waals surface area contributed by atoms with Crippen molar-refractivity contribution in [2.75, 3.05) is 6.61 Å². The van der Waals surface area contributed by atoms with Crippen molar-refractivity contribution in [2.24, 2.45) is 7.05 Å². The Morgan fingerprint density at radius 3 is 2.54 bits per heavy atom. The van der Waals surface area contributed by atoms with Crippen LogP contribution in [0.25, 0.3) is 32.9 Å². The van der Waals surface area contributed by atoms with Gasteiger partial charge in [-0.15, -0.1) is 0 Å². The van der Waals surface area contributed by atoms with Crippen LogP contribution in [0, 0.1) is 11.8 Å². The number of ether oxygens (including phenoxy) is 3. The number of allylic oxidation sites excluding steroid dienone is 1. The van der Waals surface area contributed by atoms with E-state index >= 15 is 0 Å². The summed E-state index contributed by atoms with van der Waals surface area (Å²) in [6, 6.07) is 21.0. The smallest absolute Gasteiger partial charge is 0.255 e. The van der Waals surface area contributed by atoms with Gasteiger partial charge in [0.15, 0.2) is 0 Å². The standard InChI is InChI=1S/C43H36N6O5/c1-26-5-13-39(42(50)47-26)49-25-29-18-31(10-12-35(29)43(49)51)52-17-3-4-30-8-9-32(23-45-30)53-33-20-34(21-33)54-41-14-7-28(22-46-41)27-6-11-36-37-24-44-16-15-38(37)48(2)40(36)19-27/h6-12,14-16,18-19,22-24,33-34,39H,1,5,13,17,20-21,25H2,2H3,(H,47,50). The Kier molecular flexibility index (Phi) is 8.43. The number of carbonyl (C=O) groups is 2. The molecule has 0 spiro atoms. The Morgan fingerprint density at radius 1 is 0.870 bits per heavy atom. The van der Waals surface area contributed by atoms with E-state index in [1.807, 2.05) is 55.0 Å². The van der Waals surface area contributed by atoms with E-state index in [0.29, 0.717) is 53.7 Å². The van der Waals surface area contributed by atoms with Crippen LogP contribution in [0.1, 0.15) is 47.3 Å². The summed E-state index contributed by atoms with van der Waals surface area (Å²) in [5.41, 5.74) is 7.16. The highest BCUT2D eigenvalue weighted by molar-refractivity contribution is 6.08. The molecule has 1 atom stereocenters. The van der Waals surface area contributed by atoms with E-state index in [1.165, 1.54) is 5.39 Å². The molecule has 11 nitrogen and oxygen atoms in total. The van der Waals surface area contributed by atoms with Gasteiger partial charge in [0.1, 0.15) is 42.0 Å². The second-order valence-electron chi connectivity index (χ2n) is 13.9. The second-order valence-corrected chi connectivity index (χ2v) is 13.9.